The molecule has 0 atom stereocenters. The number of benzene rings is 1. The zero-order chi connectivity index (χ0) is 21.4. The van der Waals surface area contributed by atoms with Gasteiger partial charge in [-0.2, -0.15) is 5.26 Å². The molecule has 1 aliphatic heterocycles. The first-order valence-corrected chi connectivity index (χ1v) is 12.1. The van der Waals surface area contributed by atoms with Crippen molar-refractivity contribution in [3.63, 3.8) is 0 Å². The molecule has 0 radical (unpaired) electrons. The second kappa shape index (κ2) is 8.35. The Morgan fingerprint density at radius 2 is 1.68 bits per heavy atom. The molecule has 0 spiro atoms. The van der Waals surface area contributed by atoms with Crippen molar-refractivity contribution in [2.75, 3.05) is 44.2 Å². The third-order valence-electron chi connectivity index (χ3n) is 8.41. The van der Waals surface area contributed by atoms with Crippen molar-refractivity contribution < 1.29 is 14.8 Å². The molecule has 4 bridgehead atoms. The van der Waals surface area contributed by atoms with E-state index in [4.69, 9.17) is 0 Å². The van der Waals surface area contributed by atoms with Crippen molar-refractivity contribution in [2.45, 2.75) is 50.5 Å². The van der Waals surface area contributed by atoms with Crippen molar-refractivity contribution in [3.8, 4) is 11.8 Å². The molecule has 0 aromatic heterocycles. The van der Waals surface area contributed by atoms with E-state index < -0.39 is 0 Å². The average molecular weight is 424 g/mol. The maximum atomic E-state index is 13.6. The van der Waals surface area contributed by atoms with Crippen molar-refractivity contribution in [1.29, 1.82) is 5.26 Å². The van der Waals surface area contributed by atoms with Gasteiger partial charge in [0, 0.05) is 17.8 Å². The Labute approximate surface area is 185 Å². The van der Waals surface area contributed by atoms with Crippen molar-refractivity contribution in [1.82, 2.24) is 4.90 Å². The van der Waals surface area contributed by atoms with E-state index in [1.807, 2.05) is 12.1 Å². The highest BCUT2D eigenvalue weighted by Gasteiger charge is 2.54. The first-order valence-electron chi connectivity index (χ1n) is 12.1. The molecule has 1 amide bonds. The fourth-order valence-corrected chi connectivity index (χ4v) is 7.41. The molecule has 4 aliphatic carbocycles. The summed E-state index contributed by atoms with van der Waals surface area (Å²) in [5.74, 6) is 2.95. The number of amides is 1. The van der Waals surface area contributed by atoms with Crippen LogP contribution in [0.25, 0.3) is 0 Å². The van der Waals surface area contributed by atoms with Crippen LogP contribution in [0.4, 0.5) is 5.69 Å². The predicted octanol–water partition coefficient (Wildman–Crippen LogP) is 1.81. The minimum atomic E-state index is 0.0377. The Balaban J connectivity index is 1.23. The summed E-state index contributed by atoms with van der Waals surface area (Å²) in [7, 11) is 0. The number of hydrogen-bond donors (Lipinski definition) is 2. The molecular formula is C25H35N4O2+. The van der Waals surface area contributed by atoms with Crippen LogP contribution >= 0.6 is 0 Å². The van der Waals surface area contributed by atoms with E-state index >= 15 is 0 Å². The van der Waals surface area contributed by atoms with E-state index in [-0.39, 0.29) is 11.4 Å². The molecule has 1 aromatic carbocycles. The predicted molar refractivity (Wildman–Crippen MR) is 119 cm³/mol. The number of phenolic OH excluding ortho intramolecular Hbond substituents is 1. The van der Waals surface area contributed by atoms with Crippen LogP contribution in [0.5, 0.6) is 5.75 Å². The summed E-state index contributed by atoms with van der Waals surface area (Å²) in [6.45, 7) is 4.88. The smallest absolute Gasteiger partial charge is 0.278 e. The number of hydrogen-bond acceptors (Lipinski definition) is 4. The van der Waals surface area contributed by atoms with Crippen LogP contribution in [0.2, 0.25) is 0 Å². The normalized spacial score (nSPS) is 32.1. The van der Waals surface area contributed by atoms with Gasteiger partial charge in [-0.3, -0.25) is 4.79 Å². The molecular weight excluding hydrogens is 388 g/mol. The number of quaternary nitrogens is 1. The fraction of sp³-hybridized carbons (Fsp3) is 0.680. The minimum absolute atomic E-state index is 0.0377. The van der Waals surface area contributed by atoms with Crippen LogP contribution in [-0.4, -0.2) is 60.7 Å². The number of nitrogens with zero attached hydrogens (tertiary/aromatic N) is 3. The molecule has 6 heteroatoms. The van der Waals surface area contributed by atoms with Gasteiger partial charge in [0.1, 0.15) is 5.75 Å². The van der Waals surface area contributed by atoms with E-state index in [2.05, 4.69) is 15.9 Å². The minimum Gasteiger partial charge on any atom is -0.508 e. The number of carbonyl (C=O) groups is 1. The van der Waals surface area contributed by atoms with Gasteiger partial charge in [0.25, 0.3) is 5.91 Å². The van der Waals surface area contributed by atoms with E-state index in [0.29, 0.717) is 25.3 Å². The molecule has 166 valence electrons. The topological polar surface area (TPSA) is 72.0 Å². The summed E-state index contributed by atoms with van der Waals surface area (Å²) in [6, 6.07) is 9.68. The van der Waals surface area contributed by atoms with Gasteiger partial charge in [-0.25, -0.2) is 0 Å². The Morgan fingerprint density at radius 3 is 2.23 bits per heavy atom. The Bertz CT molecular complexity index is 803. The molecule has 6 rings (SSSR count). The monoisotopic (exact) mass is 423 g/mol. The summed E-state index contributed by atoms with van der Waals surface area (Å²) >= 11 is 0. The van der Waals surface area contributed by atoms with Gasteiger partial charge in [0.05, 0.1) is 38.7 Å². The highest BCUT2D eigenvalue weighted by Crippen LogP contribution is 2.57. The lowest BCUT2D eigenvalue weighted by Crippen LogP contribution is -3.16. The zero-order valence-electron chi connectivity index (χ0n) is 18.4. The van der Waals surface area contributed by atoms with E-state index in [9.17, 15) is 15.2 Å². The van der Waals surface area contributed by atoms with Crippen LogP contribution in [-0.2, 0) is 4.79 Å². The van der Waals surface area contributed by atoms with Gasteiger partial charge in [0.2, 0.25) is 0 Å². The summed E-state index contributed by atoms with van der Waals surface area (Å²) in [5, 5.41) is 18.8. The lowest BCUT2D eigenvalue weighted by atomic mass is 9.52. The maximum Gasteiger partial charge on any atom is 0.278 e. The van der Waals surface area contributed by atoms with Gasteiger partial charge in [0.15, 0.2) is 6.54 Å². The second-order valence-corrected chi connectivity index (χ2v) is 10.5. The van der Waals surface area contributed by atoms with E-state index in [1.54, 1.807) is 12.1 Å². The molecule has 4 saturated carbocycles. The highest BCUT2D eigenvalue weighted by molar-refractivity contribution is 5.78. The van der Waals surface area contributed by atoms with E-state index in [0.717, 1.165) is 49.6 Å². The SMILES string of the molecule is N#CCCN(C(=O)C[NH+]1CCN(c2ccc(O)cc2)CC1)C12CC3CC(CC(C3)C1)C2. The van der Waals surface area contributed by atoms with Crippen LogP contribution < -0.4 is 9.80 Å². The molecule has 1 heterocycles. The van der Waals surface area contributed by atoms with Gasteiger partial charge < -0.3 is 19.8 Å². The van der Waals surface area contributed by atoms with Crippen molar-refractivity contribution >= 4 is 11.6 Å². The first kappa shape index (κ1) is 20.6. The molecule has 0 unspecified atom stereocenters. The molecule has 5 fully saturated rings. The number of carbonyl (C=O) groups excluding carboxylic acids is 1. The third-order valence-corrected chi connectivity index (χ3v) is 8.41. The van der Waals surface area contributed by atoms with Crippen molar-refractivity contribution in [3.05, 3.63) is 24.3 Å². The van der Waals surface area contributed by atoms with E-state index in [1.165, 1.54) is 43.4 Å². The molecule has 5 aliphatic rings. The number of rotatable bonds is 6. The largest absolute Gasteiger partial charge is 0.508 e. The maximum absolute atomic E-state index is 13.6. The second-order valence-electron chi connectivity index (χ2n) is 10.5. The van der Waals surface area contributed by atoms with Crippen molar-refractivity contribution in [2.24, 2.45) is 17.8 Å². The van der Waals surface area contributed by atoms with Gasteiger partial charge in [-0.15, -0.1) is 0 Å². The summed E-state index contributed by atoms with van der Waals surface area (Å²) in [4.78, 5) is 19.4. The van der Waals surface area contributed by atoms with Crippen LogP contribution in [0.15, 0.2) is 24.3 Å². The molecule has 2 N–H and O–H groups in total. The van der Waals surface area contributed by atoms with Gasteiger partial charge >= 0.3 is 0 Å². The highest BCUT2D eigenvalue weighted by atomic mass is 16.3. The number of nitrogens with one attached hydrogen (secondary N) is 1. The number of aromatic hydroxyl groups is 1. The molecule has 6 nitrogen and oxygen atoms in total. The lowest BCUT2D eigenvalue weighted by Gasteiger charge is -2.60. The molecule has 1 aromatic rings. The first-order chi connectivity index (χ1) is 15.0. The number of nitriles is 1. The Hall–Kier alpha value is -2.26. The van der Waals surface area contributed by atoms with Crippen LogP contribution in [0.1, 0.15) is 44.9 Å². The summed E-state index contributed by atoms with van der Waals surface area (Å²) in [5.41, 5.74) is 1.17. The fourth-order valence-electron chi connectivity index (χ4n) is 7.41. The molecule has 1 saturated heterocycles. The average Bonchev–Trinajstić information content (AvgIpc) is 2.74. The van der Waals surface area contributed by atoms with Crippen LogP contribution in [0.3, 0.4) is 0 Å². The third kappa shape index (κ3) is 4.13. The zero-order valence-corrected chi connectivity index (χ0v) is 18.4. The Kier molecular flexibility index (Phi) is 5.56. The summed E-state index contributed by atoms with van der Waals surface area (Å²) < 4.78 is 0. The number of piperazine rings is 1. The Morgan fingerprint density at radius 1 is 1.10 bits per heavy atom. The van der Waals surface area contributed by atoms with Gasteiger partial charge in [-0.1, -0.05) is 0 Å². The number of phenols is 1. The standard InChI is InChI=1S/C25H34N4O2/c26-6-1-7-29(25-15-19-12-20(16-25)14-21(13-19)17-25)24(31)18-27-8-10-28(11-9-27)22-2-4-23(30)5-3-22/h2-5,19-21,30H,1,7-18H2/p+1. The quantitative estimate of drug-likeness (QED) is 0.732. The molecule has 31 heavy (non-hydrogen) atoms. The van der Waals surface area contributed by atoms with Crippen LogP contribution in [0, 0.1) is 29.1 Å². The lowest BCUT2D eigenvalue weighted by molar-refractivity contribution is -0.892. The number of anilines is 1. The summed E-state index contributed by atoms with van der Waals surface area (Å²) in [6.07, 6.45) is 8.04. The van der Waals surface area contributed by atoms with Gasteiger partial charge in [-0.05, 0) is 80.5 Å².